The Hall–Kier alpha value is -0.550. The number of aliphatic hydroxyl groups excluding tert-OH is 1. The predicted molar refractivity (Wildman–Crippen MR) is 61.4 cm³/mol. The number of rotatable bonds is 3. The monoisotopic (exact) mass is 219 g/mol. The van der Waals surface area contributed by atoms with Gasteiger partial charge in [-0.15, -0.1) is 0 Å². The Morgan fingerprint density at radius 1 is 1.06 bits per heavy atom. The zero-order valence-corrected chi connectivity index (χ0v) is 9.81. The van der Waals surface area contributed by atoms with Gasteiger partial charge in [-0.1, -0.05) is 0 Å². The Balaban J connectivity index is 1.69. The molecule has 0 saturated heterocycles. The van der Waals surface area contributed by atoms with E-state index in [2.05, 4.69) is 6.07 Å². The zero-order valence-electron chi connectivity index (χ0n) is 9.81. The Morgan fingerprint density at radius 3 is 2.12 bits per heavy atom. The standard InChI is InChI=1S/C14H21NO/c15-3-1-2-13(16)14-11-5-9-4-10(7-11)8-12(14)6-9/h9-14,16H,1-2,4-8H2. The lowest BCUT2D eigenvalue weighted by Gasteiger charge is -2.55. The lowest BCUT2D eigenvalue weighted by molar-refractivity contribution is -0.0906. The Labute approximate surface area is 97.7 Å². The van der Waals surface area contributed by atoms with E-state index in [1.54, 1.807) is 0 Å². The van der Waals surface area contributed by atoms with Gasteiger partial charge in [0.1, 0.15) is 0 Å². The van der Waals surface area contributed by atoms with Gasteiger partial charge in [-0.05, 0) is 68.1 Å². The van der Waals surface area contributed by atoms with E-state index in [-0.39, 0.29) is 6.10 Å². The van der Waals surface area contributed by atoms with Crippen molar-refractivity contribution in [3.8, 4) is 6.07 Å². The molecule has 4 saturated carbocycles. The van der Waals surface area contributed by atoms with Crippen molar-refractivity contribution < 1.29 is 5.11 Å². The van der Waals surface area contributed by atoms with E-state index in [1.165, 1.54) is 32.1 Å². The molecule has 4 bridgehead atoms. The average Bonchev–Trinajstić information content (AvgIpc) is 2.24. The molecule has 2 nitrogen and oxygen atoms in total. The van der Waals surface area contributed by atoms with Crippen LogP contribution in [0.25, 0.3) is 0 Å². The van der Waals surface area contributed by atoms with E-state index >= 15 is 0 Å². The SMILES string of the molecule is N#CCCC(O)C1C2CC3CC(C2)CC1C3. The molecule has 0 aromatic heterocycles. The van der Waals surface area contributed by atoms with Crippen molar-refractivity contribution in [1.29, 1.82) is 5.26 Å². The fourth-order valence-corrected chi connectivity index (χ4v) is 5.00. The molecule has 0 spiro atoms. The van der Waals surface area contributed by atoms with E-state index in [0.717, 1.165) is 23.7 Å². The van der Waals surface area contributed by atoms with E-state index in [4.69, 9.17) is 5.26 Å². The quantitative estimate of drug-likeness (QED) is 0.793. The fourth-order valence-electron chi connectivity index (χ4n) is 5.00. The van der Waals surface area contributed by atoms with Gasteiger partial charge in [0.05, 0.1) is 12.2 Å². The number of hydrogen-bond donors (Lipinski definition) is 1. The van der Waals surface area contributed by atoms with Crippen molar-refractivity contribution in [3.63, 3.8) is 0 Å². The second kappa shape index (κ2) is 4.04. The second-order valence-electron chi connectivity index (χ2n) is 6.27. The van der Waals surface area contributed by atoms with Crippen LogP contribution in [0.5, 0.6) is 0 Å². The first-order chi connectivity index (χ1) is 7.78. The summed E-state index contributed by atoms with van der Waals surface area (Å²) >= 11 is 0. The first kappa shape index (κ1) is 10.6. The van der Waals surface area contributed by atoms with Crippen LogP contribution in [0, 0.1) is 40.9 Å². The number of nitrogens with zero attached hydrogens (tertiary/aromatic N) is 1. The van der Waals surface area contributed by atoms with Crippen molar-refractivity contribution in [2.24, 2.45) is 29.6 Å². The smallest absolute Gasteiger partial charge is 0.0622 e. The maximum absolute atomic E-state index is 10.3. The highest BCUT2D eigenvalue weighted by molar-refractivity contribution is 5.00. The molecule has 4 rings (SSSR count). The molecule has 0 aliphatic heterocycles. The molecular weight excluding hydrogens is 198 g/mol. The van der Waals surface area contributed by atoms with Gasteiger partial charge in [0.25, 0.3) is 0 Å². The number of nitriles is 1. The average molecular weight is 219 g/mol. The number of aliphatic hydroxyl groups is 1. The molecular formula is C14H21NO. The van der Waals surface area contributed by atoms with Crippen LogP contribution in [0.3, 0.4) is 0 Å². The number of hydrogen-bond acceptors (Lipinski definition) is 2. The van der Waals surface area contributed by atoms with Crippen LogP contribution in [0.1, 0.15) is 44.9 Å². The molecule has 4 aliphatic carbocycles. The van der Waals surface area contributed by atoms with Gasteiger partial charge in [0, 0.05) is 6.42 Å². The first-order valence-electron chi connectivity index (χ1n) is 6.83. The highest BCUT2D eigenvalue weighted by atomic mass is 16.3. The Kier molecular flexibility index (Phi) is 2.67. The molecule has 1 atom stereocenters. The predicted octanol–water partition coefficient (Wildman–Crippen LogP) is 2.72. The highest BCUT2D eigenvalue weighted by Gasteiger charge is 2.49. The topological polar surface area (TPSA) is 44.0 Å². The van der Waals surface area contributed by atoms with Crippen molar-refractivity contribution in [2.45, 2.75) is 51.0 Å². The molecule has 88 valence electrons. The summed E-state index contributed by atoms with van der Waals surface area (Å²) in [5.74, 6) is 4.04. The Morgan fingerprint density at radius 2 is 1.62 bits per heavy atom. The maximum atomic E-state index is 10.3. The minimum atomic E-state index is -0.199. The van der Waals surface area contributed by atoms with Gasteiger partial charge in [0.15, 0.2) is 0 Å². The normalized spacial score (nSPS) is 46.6. The van der Waals surface area contributed by atoms with Crippen molar-refractivity contribution in [2.75, 3.05) is 0 Å². The summed E-state index contributed by atoms with van der Waals surface area (Å²) in [6.07, 6.45) is 7.93. The first-order valence-corrected chi connectivity index (χ1v) is 6.83. The summed E-state index contributed by atoms with van der Waals surface area (Å²) < 4.78 is 0. The van der Waals surface area contributed by atoms with Crippen LogP contribution in [0.2, 0.25) is 0 Å². The maximum Gasteiger partial charge on any atom is 0.0622 e. The molecule has 2 heteroatoms. The Bertz CT molecular complexity index is 278. The van der Waals surface area contributed by atoms with Crippen LogP contribution < -0.4 is 0 Å². The van der Waals surface area contributed by atoms with Gasteiger partial charge in [-0.25, -0.2) is 0 Å². The molecule has 4 fully saturated rings. The third-order valence-corrected chi connectivity index (χ3v) is 5.30. The van der Waals surface area contributed by atoms with Crippen molar-refractivity contribution in [3.05, 3.63) is 0 Å². The summed E-state index contributed by atoms with van der Waals surface area (Å²) in [5, 5.41) is 18.9. The summed E-state index contributed by atoms with van der Waals surface area (Å²) in [5.41, 5.74) is 0. The molecule has 0 heterocycles. The van der Waals surface area contributed by atoms with Crippen LogP contribution in [-0.2, 0) is 0 Å². The lowest BCUT2D eigenvalue weighted by atomic mass is 9.50. The van der Waals surface area contributed by atoms with Gasteiger partial charge in [-0.3, -0.25) is 0 Å². The van der Waals surface area contributed by atoms with Crippen LogP contribution >= 0.6 is 0 Å². The molecule has 16 heavy (non-hydrogen) atoms. The van der Waals surface area contributed by atoms with Gasteiger partial charge in [0.2, 0.25) is 0 Å². The van der Waals surface area contributed by atoms with E-state index in [1.807, 2.05) is 0 Å². The molecule has 0 amide bonds. The minimum absolute atomic E-state index is 0.199. The van der Waals surface area contributed by atoms with Crippen LogP contribution in [0.15, 0.2) is 0 Å². The fraction of sp³-hybridized carbons (Fsp3) is 0.929. The van der Waals surface area contributed by atoms with Crippen molar-refractivity contribution >= 4 is 0 Å². The molecule has 0 radical (unpaired) electrons. The summed E-state index contributed by atoms with van der Waals surface area (Å²) in [6.45, 7) is 0. The van der Waals surface area contributed by atoms with Crippen LogP contribution in [-0.4, -0.2) is 11.2 Å². The molecule has 0 aromatic carbocycles. The lowest BCUT2D eigenvalue weighted by Crippen LogP contribution is -2.49. The summed E-state index contributed by atoms with van der Waals surface area (Å²) in [4.78, 5) is 0. The third-order valence-electron chi connectivity index (χ3n) is 5.30. The van der Waals surface area contributed by atoms with Gasteiger partial charge < -0.3 is 5.11 Å². The highest BCUT2D eigenvalue weighted by Crippen LogP contribution is 2.57. The minimum Gasteiger partial charge on any atom is -0.393 e. The molecule has 1 N–H and O–H groups in total. The second-order valence-corrected chi connectivity index (χ2v) is 6.27. The third kappa shape index (κ3) is 1.66. The summed E-state index contributed by atoms with van der Waals surface area (Å²) in [7, 11) is 0. The zero-order chi connectivity index (χ0) is 11.1. The van der Waals surface area contributed by atoms with Gasteiger partial charge >= 0.3 is 0 Å². The largest absolute Gasteiger partial charge is 0.393 e. The van der Waals surface area contributed by atoms with Gasteiger partial charge in [-0.2, -0.15) is 5.26 Å². The van der Waals surface area contributed by atoms with Crippen LogP contribution in [0.4, 0.5) is 0 Å². The van der Waals surface area contributed by atoms with E-state index in [0.29, 0.717) is 18.8 Å². The van der Waals surface area contributed by atoms with Crippen molar-refractivity contribution in [1.82, 2.24) is 0 Å². The van der Waals surface area contributed by atoms with E-state index < -0.39 is 0 Å². The van der Waals surface area contributed by atoms with E-state index in [9.17, 15) is 5.11 Å². The molecule has 4 aliphatic rings. The molecule has 0 aromatic rings. The summed E-state index contributed by atoms with van der Waals surface area (Å²) in [6, 6.07) is 2.16. The molecule has 1 unspecified atom stereocenters.